The van der Waals surface area contributed by atoms with Gasteiger partial charge in [0.15, 0.2) is 17.5 Å². The monoisotopic (exact) mass is 485 g/mol. The highest BCUT2D eigenvalue weighted by Gasteiger charge is 2.11. The van der Waals surface area contributed by atoms with Gasteiger partial charge in [-0.05, 0) is 42.7 Å². The molecule has 0 aliphatic heterocycles. The minimum Gasteiger partial charge on any atom is -0.502 e. The van der Waals surface area contributed by atoms with Gasteiger partial charge in [-0.1, -0.05) is 24.3 Å². The first kappa shape index (κ1) is 22.9. The number of nitrogens with one attached hydrogen (secondary N) is 2. The molecule has 0 saturated carbocycles. The molecule has 0 fully saturated rings. The Bertz CT molecular complexity index is 741. The van der Waals surface area contributed by atoms with Crippen molar-refractivity contribution in [3.05, 3.63) is 53.1 Å². The second-order valence-electron chi connectivity index (χ2n) is 5.82. The van der Waals surface area contributed by atoms with E-state index in [4.69, 9.17) is 9.47 Å². The molecule has 0 amide bonds. The molecule has 2 aromatic carbocycles. The lowest BCUT2D eigenvalue weighted by Crippen LogP contribution is -2.36. The lowest BCUT2D eigenvalue weighted by Gasteiger charge is -2.13. The smallest absolute Gasteiger partial charge is 0.200 e. The highest BCUT2D eigenvalue weighted by atomic mass is 127. The van der Waals surface area contributed by atoms with E-state index in [0.29, 0.717) is 24.6 Å². The summed E-state index contributed by atoms with van der Waals surface area (Å²) in [6, 6.07) is 11.8. The molecule has 2 rings (SSSR count). The van der Waals surface area contributed by atoms with Gasteiger partial charge in [0.05, 0.1) is 20.8 Å². The van der Waals surface area contributed by atoms with Crippen LogP contribution in [0.1, 0.15) is 23.6 Å². The Morgan fingerprint density at radius 3 is 2.26 bits per heavy atom. The van der Waals surface area contributed by atoms with E-state index >= 15 is 0 Å². The highest BCUT2D eigenvalue weighted by Crippen LogP contribution is 2.37. The zero-order chi connectivity index (χ0) is 18.9. The van der Waals surface area contributed by atoms with Crippen molar-refractivity contribution in [1.29, 1.82) is 0 Å². The van der Waals surface area contributed by atoms with Crippen LogP contribution in [0.3, 0.4) is 0 Å². The number of benzene rings is 2. The summed E-state index contributed by atoms with van der Waals surface area (Å²) in [5.41, 5.74) is 3.35. The predicted octanol–water partition coefficient (Wildman–Crippen LogP) is 3.59. The van der Waals surface area contributed by atoms with E-state index in [1.165, 1.54) is 25.3 Å². The van der Waals surface area contributed by atoms with Crippen LogP contribution in [0, 0.1) is 6.92 Å². The molecule has 3 N–H and O–H groups in total. The number of guanidine groups is 1. The molecule has 148 valence electrons. The first-order valence-electron chi connectivity index (χ1n) is 8.59. The van der Waals surface area contributed by atoms with Crippen LogP contribution in [0.5, 0.6) is 17.2 Å². The van der Waals surface area contributed by atoms with Gasteiger partial charge in [0.25, 0.3) is 0 Å². The number of hydrogen-bond donors (Lipinski definition) is 3. The number of nitrogens with zero attached hydrogens (tertiary/aromatic N) is 1. The summed E-state index contributed by atoms with van der Waals surface area (Å²) in [7, 11) is 3.02. The summed E-state index contributed by atoms with van der Waals surface area (Å²) >= 11 is 0. The zero-order valence-electron chi connectivity index (χ0n) is 16.2. The maximum Gasteiger partial charge on any atom is 0.200 e. The van der Waals surface area contributed by atoms with Crippen LogP contribution in [-0.4, -0.2) is 31.8 Å². The number of hydrogen-bond acceptors (Lipinski definition) is 4. The topological polar surface area (TPSA) is 75.1 Å². The average Bonchev–Trinajstić information content (AvgIpc) is 2.66. The summed E-state index contributed by atoms with van der Waals surface area (Å²) in [5, 5.41) is 16.6. The minimum atomic E-state index is -0.00712. The fourth-order valence-electron chi connectivity index (χ4n) is 2.54. The third-order valence-electron chi connectivity index (χ3n) is 4.01. The van der Waals surface area contributed by atoms with Crippen molar-refractivity contribution in [2.75, 3.05) is 20.8 Å². The Morgan fingerprint density at radius 2 is 1.70 bits per heavy atom. The number of aromatic hydroxyl groups is 1. The molecule has 0 aliphatic rings. The van der Waals surface area contributed by atoms with Crippen LogP contribution in [0.4, 0.5) is 0 Å². The maximum atomic E-state index is 10.0. The molecule has 2 aromatic rings. The fraction of sp³-hybridized carbons (Fsp3) is 0.350. The largest absolute Gasteiger partial charge is 0.502 e. The van der Waals surface area contributed by atoms with Crippen molar-refractivity contribution >= 4 is 29.9 Å². The summed E-state index contributed by atoms with van der Waals surface area (Å²) in [4.78, 5) is 4.61. The molecular weight excluding hydrogens is 457 g/mol. The molecule has 0 aromatic heterocycles. The summed E-state index contributed by atoms with van der Waals surface area (Å²) in [6.07, 6.45) is 0. The molecule has 0 aliphatic carbocycles. The van der Waals surface area contributed by atoms with Crippen molar-refractivity contribution in [3.8, 4) is 17.2 Å². The maximum absolute atomic E-state index is 10.0. The molecule has 0 bridgehead atoms. The number of aliphatic imine (C=N–C) groups is 1. The molecule has 0 spiro atoms. The molecule has 0 saturated heterocycles. The van der Waals surface area contributed by atoms with Crippen LogP contribution in [0.25, 0.3) is 0 Å². The number of aryl methyl sites for hydroxylation is 1. The van der Waals surface area contributed by atoms with Gasteiger partial charge in [0.1, 0.15) is 0 Å². The van der Waals surface area contributed by atoms with Crippen molar-refractivity contribution in [2.24, 2.45) is 4.99 Å². The van der Waals surface area contributed by atoms with Gasteiger partial charge in [-0.25, -0.2) is 4.99 Å². The van der Waals surface area contributed by atoms with Gasteiger partial charge in [-0.3, -0.25) is 0 Å². The Labute approximate surface area is 178 Å². The molecule has 0 atom stereocenters. The lowest BCUT2D eigenvalue weighted by molar-refractivity contribution is 0.339. The van der Waals surface area contributed by atoms with E-state index in [1.807, 2.05) is 19.1 Å². The first-order chi connectivity index (χ1) is 12.6. The third-order valence-corrected chi connectivity index (χ3v) is 4.01. The molecule has 0 radical (unpaired) electrons. The van der Waals surface area contributed by atoms with Crippen molar-refractivity contribution in [1.82, 2.24) is 10.6 Å². The molecular formula is C20H28IN3O3. The van der Waals surface area contributed by atoms with Gasteiger partial charge in [-0.2, -0.15) is 0 Å². The lowest BCUT2D eigenvalue weighted by atomic mass is 10.1. The van der Waals surface area contributed by atoms with Crippen LogP contribution in [-0.2, 0) is 13.1 Å². The van der Waals surface area contributed by atoms with Crippen LogP contribution < -0.4 is 20.1 Å². The second kappa shape index (κ2) is 11.5. The van der Waals surface area contributed by atoms with Crippen molar-refractivity contribution < 1.29 is 14.6 Å². The number of phenolic OH excluding ortho intramolecular Hbond substituents is 1. The van der Waals surface area contributed by atoms with E-state index in [-0.39, 0.29) is 29.7 Å². The summed E-state index contributed by atoms with van der Waals surface area (Å²) < 4.78 is 10.4. The molecule has 7 heteroatoms. The van der Waals surface area contributed by atoms with Crippen LogP contribution in [0.15, 0.2) is 41.4 Å². The Balaban J connectivity index is 0.00000364. The number of ether oxygens (including phenoxy) is 2. The minimum absolute atomic E-state index is 0. The number of rotatable bonds is 7. The third kappa shape index (κ3) is 6.50. The Kier molecular flexibility index (Phi) is 9.77. The molecule has 0 heterocycles. The standard InChI is InChI=1S/C20H27N3O3.HI/c1-5-21-20(23-13-16-9-7-6-8-14(16)2)22-12-15-10-17(25-3)19(24)18(11-15)26-4;/h6-11,24H,5,12-13H2,1-4H3,(H2,21,22,23);1H. The van der Waals surface area contributed by atoms with Crippen molar-refractivity contribution in [3.63, 3.8) is 0 Å². The van der Waals surface area contributed by atoms with E-state index in [1.54, 1.807) is 12.1 Å². The number of phenols is 1. The first-order valence-corrected chi connectivity index (χ1v) is 8.59. The zero-order valence-corrected chi connectivity index (χ0v) is 18.5. The van der Waals surface area contributed by atoms with E-state index < -0.39 is 0 Å². The number of methoxy groups -OCH3 is 2. The summed E-state index contributed by atoms with van der Waals surface area (Å²) in [5.74, 6) is 1.45. The normalized spacial score (nSPS) is 10.7. The quantitative estimate of drug-likeness (QED) is 0.318. The van der Waals surface area contributed by atoms with E-state index in [2.05, 4.69) is 34.7 Å². The fourth-order valence-corrected chi connectivity index (χ4v) is 2.54. The van der Waals surface area contributed by atoms with Gasteiger partial charge in [0.2, 0.25) is 5.75 Å². The highest BCUT2D eigenvalue weighted by molar-refractivity contribution is 14.0. The average molecular weight is 485 g/mol. The van der Waals surface area contributed by atoms with Crippen LogP contribution >= 0.6 is 24.0 Å². The molecule has 27 heavy (non-hydrogen) atoms. The van der Waals surface area contributed by atoms with Gasteiger partial charge >= 0.3 is 0 Å². The van der Waals surface area contributed by atoms with Crippen LogP contribution in [0.2, 0.25) is 0 Å². The Hall–Kier alpha value is -2.16. The summed E-state index contributed by atoms with van der Waals surface area (Å²) in [6.45, 7) is 6.01. The molecule has 6 nitrogen and oxygen atoms in total. The molecule has 0 unspecified atom stereocenters. The Morgan fingerprint density at radius 1 is 1.07 bits per heavy atom. The van der Waals surface area contributed by atoms with Gasteiger partial charge < -0.3 is 25.2 Å². The predicted molar refractivity (Wildman–Crippen MR) is 119 cm³/mol. The second-order valence-corrected chi connectivity index (χ2v) is 5.82. The van der Waals surface area contributed by atoms with Gasteiger partial charge in [-0.15, -0.1) is 24.0 Å². The van der Waals surface area contributed by atoms with E-state index in [9.17, 15) is 5.11 Å². The van der Waals surface area contributed by atoms with E-state index in [0.717, 1.165) is 18.1 Å². The van der Waals surface area contributed by atoms with Crippen molar-refractivity contribution in [2.45, 2.75) is 26.9 Å². The SMILES string of the molecule is CCNC(=NCc1cc(OC)c(O)c(OC)c1)NCc1ccccc1C.I. The number of halogens is 1. The van der Waals surface area contributed by atoms with Gasteiger partial charge in [0, 0.05) is 13.1 Å².